The summed E-state index contributed by atoms with van der Waals surface area (Å²) in [4.78, 5) is 33.3. The molecular formula is C27H30N4O7S. The summed E-state index contributed by atoms with van der Waals surface area (Å²) >= 11 is 0. The standard InChI is InChI=1S/C27H30N4O7S/c1-36-23-18-20(29-39(34,35)24-6-2-4-19-5-3-11-28-25(19)24)7-8-22(23)26(32)30-12-14-31(15-13-30)27(33)38-21-9-16-37-17-10-21/h2-8,11,18,21,29H,9-10,12-17H2,1H3. The number of anilines is 1. The number of para-hydroxylation sites is 1. The molecule has 1 N–H and O–H groups in total. The van der Waals surface area contributed by atoms with Crippen molar-refractivity contribution in [3.8, 4) is 5.75 Å². The van der Waals surface area contributed by atoms with Crippen molar-refractivity contribution in [2.24, 2.45) is 0 Å². The van der Waals surface area contributed by atoms with Gasteiger partial charge in [0.25, 0.3) is 15.9 Å². The maximum atomic E-state index is 13.3. The van der Waals surface area contributed by atoms with Gasteiger partial charge in [-0.3, -0.25) is 14.5 Å². The molecule has 3 aromatic rings. The zero-order valence-electron chi connectivity index (χ0n) is 21.5. The van der Waals surface area contributed by atoms with Crippen molar-refractivity contribution in [2.75, 3.05) is 51.2 Å². The number of ether oxygens (including phenoxy) is 3. The molecule has 3 heterocycles. The minimum atomic E-state index is -3.96. The summed E-state index contributed by atoms with van der Waals surface area (Å²) in [6.07, 6.45) is 2.41. The van der Waals surface area contributed by atoms with E-state index in [4.69, 9.17) is 14.2 Å². The summed E-state index contributed by atoms with van der Waals surface area (Å²) in [5.41, 5.74) is 0.907. The first kappa shape index (κ1) is 26.7. The Hall–Kier alpha value is -3.90. The lowest BCUT2D eigenvalue weighted by Crippen LogP contribution is -2.51. The van der Waals surface area contributed by atoms with E-state index in [0.717, 1.165) is 0 Å². The molecule has 0 aliphatic carbocycles. The van der Waals surface area contributed by atoms with Crippen LogP contribution in [0.25, 0.3) is 10.9 Å². The van der Waals surface area contributed by atoms with Gasteiger partial charge < -0.3 is 24.0 Å². The molecule has 206 valence electrons. The molecule has 0 atom stereocenters. The highest BCUT2D eigenvalue weighted by Crippen LogP contribution is 2.28. The quantitative estimate of drug-likeness (QED) is 0.493. The number of nitrogens with zero attached hydrogens (tertiary/aromatic N) is 3. The topological polar surface area (TPSA) is 127 Å². The SMILES string of the molecule is COc1cc(NS(=O)(=O)c2cccc3cccnc23)ccc1C(=O)N1CCN(C(=O)OC2CCOCC2)CC1. The van der Waals surface area contributed by atoms with E-state index in [0.29, 0.717) is 68.7 Å². The van der Waals surface area contributed by atoms with Crippen molar-refractivity contribution in [3.05, 3.63) is 60.3 Å². The minimum Gasteiger partial charge on any atom is -0.496 e. The summed E-state index contributed by atoms with van der Waals surface area (Å²) in [5, 5.41) is 0.704. The molecular weight excluding hydrogens is 524 g/mol. The highest BCUT2D eigenvalue weighted by atomic mass is 32.2. The van der Waals surface area contributed by atoms with Crippen molar-refractivity contribution in [1.29, 1.82) is 0 Å². The van der Waals surface area contributed by atoms with Crippen LogP contribution in [0.1, 0.15) is 23.2 Å². The lowest BCUT2D eigenvalue weighted by Gasteiger charge is -2.35. The second-order valence-corrected chi connectivity index (χ2v) is 11.0. The first-order valence-corrected chi connectivity index (χ1v) is 14.2. The number of sulfonamides is 1. The van der Waals surface area contributed by atoms with Crippen LogP contribution in [0, 0.1) is 0 Å². The van der Waals surface area contributed by atoms with Gasteiger partial charge in [-0.15, -0.1) is 0 Å². The summed E-state index contributed by atoms with van der Waals surface area (Å²) in [7, 11) is -2.54. The molecule has 1 aromatic heterocycles. The number of amides is 2. The van der Waals surface area contributed by atoms with Crippen LogP contribution in [-0.2, 0) is 19.5 Å². The van der Waals surface area contributed by atoms with Crippen LogP contribution < -0.4 is 9.46 Å². The predicted octanol–water partition coefficient (Wildman–Crippen LogP) is 3.12. The molecule has 2 fully saturated rings. The van der Waals surface area contributed by atoms with Gasteiger partial charge in [0.05, 0.1) is 37.1 Å². The van der Waals surface area contributed by atoms with Gasteiger partial charge in [-0.25, -0.2) is 13.2 Å². The molecule has 2 amide bonds. The number of hydrogen-bond donors (Lipinski definition) is 1. The summed E-state index contributed by atoms with van der Waals surface area (Å²) in [5.74, 6) is -0.0328. The van der Waals surface area contributed by atoms with Gasteiger partial charge in [-0.05, 0) is 24.3 Å². The fraction of sp³-hybridized carbons (Fsp3) is 0.370. The minimum absolute atomic E-state index is 0.0490. The largest absolute Gasteiger partial charge is 0.496 e. The summed E-state index contributed by atoms with van der Waals surface area (Å²) < 4.78 is 45.2. The van der Waals surface area contributed by atoms with Crippen molar-refractivity contribution in [2.45, 2.75) is 23.8 Å². The highest BCUT2D eigenvalue weighted by Gasteiger charge is 2.29. The lowest BCUT2D eigenvalue weighted by atomic mass is 10.1. The third-order valence-corrected chi connectivity index (χ3v) is 8.24. The molecule has 0 radical (unpaired) electrons. The van der Waals surface area contributed by atoms with E-state index in [-0.39, 0.29) is 34.4 Å². The Morgan fingerprint density at radius 3 is 2.46 bits per heavy atom. The molecule has 11 nitrogen and oxygen atoms in total. The monoisotopic (exact) mass is 554 g/mol. The van der Waals surface area contributed by atoms with Crippen LogP contribution in [0.5, 0.6) is 5.75 Å². The maximum Gasteiger partial charge on any atom is 0.410 e. The Morgan fingerprint density at radius 1 is 1.00 bits per heavy atom. The van der Waals surface area contributed by atoms with Crippen LogP contribution >= 0.6 is 0 Å². The molecule has 39 heavy (non-hydrogen) atoms. The van der Waals surface area contributed by atoms with Crippen LogP contribution in [0.3, 0.4) is 0 Å². The Labute approximate surface area is 226 Å². The fourth-order valence-electron chi connectivity index (χ4n) is 4.71. The molecule has 0 bridgehead atoms. The van der Waals surface area contributed by atoms with Crippen LogP contribution in [0.15, 0.2) is 59.6 Å². The van der Waals surface area contributed by atoms with E-state index in [1.165, 1.54) is 31.4 Å². The first-order chi connectivity index (χ1) is 18.9. The van der Waals surface area contributed by atoms with Crippen molar-refractivity contribution >= 4 is 38.6 Å². The van der Waals surface area contributed by atoms with E-state index < -0.39 is 10.0 Å². The van der Waals surface area contributed by atoms with E-state index >= 15 is 0 Å². The molecule has 2 saturated heterocycles. The first-order valence-electron chi connectivity index (χ1n) is 12.7. The van der Waals surface area contributed by atoms with E-state index in [1.807, 2.05) is 0 Å². The Morgan fingerprint density at radius 2 is 1.72 bits per heavy atom. The molecule has 5 rings (SSSR count). The number of piperazine rings is 1. The number of rotatable bonds is 6. The van der Waals surface area contributed by atoms with Crippen LogP contribution in [0.4, 0.5) is 10.5 Å². The zero-order chi connectivity index (χ0) is 27.4. The van der Waals surface area contributed by atoms with Gasteiger partial charge in [0.15, 0.2) is 0 Å². The van der Waals surface area contributed by atoms with E-state index in [9.17, 15) is 18.0 Å². The average Bonchev–Trinajstić information content (AvgIpc) is 2.96. The van der Waals surface area contributed by atoms with Gasteiger partial charge in [0, 0.05) is 56.7 Å². The molecule has 0 saturated carbocycles. The molecule has 2 aliphatic heterocycles. The van der Waals surface area contributed by atoms with Gasteiger partial charge in [-0.2, -0.15) is 0 Å². The number of methoxy groups -OCH3 is 1. The number of carbonyl (C=O) groups excluding carboxylic acids is 2. The number of pyridine rings is 1. The number of hydrogen-bond acceptors (Lipinski definition) is 8. The van der Waals surface area contributed by atoms with Gasteiger partial charge in [0.1, 0.15) is 16.7 Å². The number of benzene rings is 2. The number of fused-ring (bicyclic) bond motifs is 1. The van der Waals surface area contributed by atoms with Crippen LogP contribution in [-0.4, -0.2) is 87.8 Å². The van der Waals surface area contributed by atoms with Gasteiger partial charge in [0.2, 0.25) is 0 Å². The second-order valence-electron chi connectivity index (χ2n) is 9.33. The number of aromatic nitrogens is 1. The number of nitrogens with one attached hydrogen (secondary N) is 1. The zero-order valence-corrected chi connectivity index (χ0v) is 22.4. The van der Waals surface area contributed by atoms with E-state index in [2.05, 4.69) is 9.71 Å². The maximum absolute atomic E-state index is 13.3. The smallest absolute Gasteiger partial charge is 0.410 e. The summed E-state index contributed by atoms with van der Waals surface area (Å²) in [6.45, 7) is 2.56. The predicted molar refractivity (Wildman–Crippen MR) is 143 cm³/mol. The molecule has 0 unspecified atom stereocenters. The third kappa shape index (κ3) is 5.91. The lowest BCUT2D eigenvalue weighted by molar-refractivity contribution is -0.0141. The van der Waals surface area contributed by atoms with Gasteiger partial charge >= 0.3 is 6.09 Å². The van der Waals surface area contributed by atoms with Crippen molar-refractivity contribution in [1.82, 2.24) is 14.8 Å². The summed E-state index contributed by atoms with van der Waals surface area (Å²) in [6, 6.07) is 13.0. The number of carbonyl (C=O) groups is 2. The third-order valence-electron chi connectivity index (χ3n) is 6.83. The normalized spacial score (nSPS) is 16.6. The Bertz CT molecular complexity index is 1460. The van der Waals surface area contributed by atoms with Crippen molar-refractivity contribution in [3.63, 3.8) is 0 Å². The Kier molecular flexibility index (Phi) is 7.84. The van der Waals surface area contributed by atoms with E-state index in [1.54, 1.807) is 40.3 Å². The van der Waals surface area contributed by atoms with Gasteiger partial charge in [-0.1, -0.05) is 18.2 Å². The molecule has 0 spiro atoms. The second kappa shape index (κ2) is 11.5. The fourth-order valence-corrected chi connectivity index (χ4v) is 5.94. The highest BCUT2D eigenvalue weighted by molar-refractivity contribution is 7.93. The molecule has 2 aliphatic rings. The van der Waals surface area contributed by atoms with Crippen molar-refractivity contribution < 1.29 is 32.2 Å². The van der Waals surface area contributed by atoms with Crippen LogP contribution in [0.2, 0.25) is 0 Å². The average molecular weight is 555 g/mol. The Balaban J connectivity index is 1.25. The molecule has 12 heteroatoms. The molecule has 2 aromatic carbocycles.